The zero-order valence-electron chi connectivity index (χ0n) is 10.1. The van der Waals surface area contributed by atoms with Crippen LogP contribution in [0.25, 0.3) is 0 Å². The number of rotatable bonds is 4. The van der Waals surface area contributed by atoms with Crippen molar-refractivity contribution in [2.75, 3.05) is 13.2 Å². The molecule has 2 unspecified atom stereocenters. The molecule has 1 aliphatic heterocycles. The zero-order valence-corrected chi connectivity index (χ0v) is 10.9. The molecule has 0 radical (unpaired) electrons. The van der Waals surface area contributed by atoms with Gasteiger partial charge in [-0.25, -0.2) is 0 Å². The van der Waals surface area contributed by atoms with Crippen LogP contribution < -0.4 is 5.32 Å². The lowest BCUT2D eigenvalue weighted by Crippen LogP contribution is -2.34. The van der Waals surface area contributed by atoms with E-state index in [1.165, 1.54) is 17.7 Å². The molecule has 1 aliphatic rings. The Bertz CT molecular complexity index is 297. The van der Waals surface area contributed by atoms with Gasteiger partial charge in [0.1, 0.15) is 0 Å². The van der Waals surface area contributed by atoms with E-state index in [1.807, 2.05) is 11.3 Å². The van der Waals surface area contributed by atoms with Crippen LogP contribution in [0.2, 0.25) is 0 Å². The topological polar surface area (TPSA) is 21.3 Å². The van der Waals surface area contributed by atoms with E-state index in [9.17, 15) is 0 Å². The SMILES string of the molecule is CC(C)NCC1CCCOC1c1cccs1. The first-order valence-electron chi connectivity index (χ1n) is 6.15. The highest BCUT2D eigenvalue weighted by Crippen LogP contribution is 2.35. The summed E-state index contributed by atoms with van der Waals surface area (Å²) in [5.41, 5.74) is 0. The lowest BCUT2D eigenvalue weighted by Gasteiger charge is -2.32. The molecular formula is C13H21NOS. The molecule has 0 spiro atoms. The molecule has 0 saturated carbocycles. The second-order valence-electron chi connectivity index (χ2n) is 4.77. The average molecular weight is 239 g/mol. The number of thiophene rings is 1. The normalized spacial score (nSPS) is 26.2. The molecule has 1 saturated heterocycles. The van der Waals surface area contributed by atoms with Crippen molar-refractivity contribution in [1.29, 1.82) is 0 Å². The summed E-state index contributed by atoms with van der Waals surface area (Å²) in [6.45, 7) is 6.38. The molecule has 3 heteroatoms. The third-order valence-corrected chi connectivity index (χ3v) is 3.99. The van der Waals surface area contributed by atoms with Crippen molar-refractivity contribution in [2.45, 2.75) is 38.8 Å². The molecule has 2 nitrogen and oxygen atoms in total. The highest BCUT2D eigenvalue weighted by atomic mass is 32.1. The highest BCUT2D eigenvalue weighted by molar-refractivity contribution is 7.10. The first kappa shape index (κ1) is 12.1. The second kappa shape index (κ2) is 5.80. The molecule has 2 atom stereocenters. The molecule has 0 amide bonds. The number of hydrogen-bond donors (Lipinski definition) is 1. The first-order chi connectivity index (χ1) is 7.77. The summed E-state index contributed by atoms with van der Waals surface area (Å²) in [5, 5.41) is 5.67. The van der Waals surface area contributed by atoms with Crippen LogP contribution in [0, 0.1) is 5.92 Å². The van der Waals surface area contributed by atoms with Gasteiger partial charge in [0, 0.05) is 30.0 Å². The largest absolute Gasteiger partial charge is 0.372 e. The van der Waals surface area contributed by atoms with E-state index in [4.69, 9.17) is 4.74 Å². The standard InChI is InChI=1S/C13H21NOS/c1-10(2)14-9-11-5-3-7-15-13(11)12-6-4-8-16-12/h4,6,8,10-11,13-14H,3,5,7,9H2,1-2H3. The van der Waals surface area contributed by atoms with Gasteiger partial charge in [0.15, 0.2) is 0 Å². The number of hydrogen-bond acceptors (Lipinski definition) is 3. The molecule has 16 heavy (non-hydrogen) atoms. The van der Waals surface area contributed by atoms with Crippen LogP contribution >= 0.6 is 11.3 Å². The molecule has 0 bridgehead atoms. The van der Waals surface area contributed by atoms with Crippen LogP contribution in [-0.4, -0.2) is 19.2 Å². The molecular weight excluding hydrogens is 218 g/mol. The maximum absolute atomic E-state index is 5.94. The van der Waals surface area contributed by atoms with E-state index in [0.29, 0.717) is 18.1 Å². The zero-order chi connectivity index (χ0) is 11.4. The van der Waals surface area contributed by atoms with Crippen molar-refractivity contribution in [1.82, 2.24) is 5.32 Å². The van der Waals surface area contributed by atoms with Gasteiger partial charge in [-0.05, 0) is 24.3 Å². The quantitative estimate of drug-likeness (QED) is 0.871. The minimum atomic E-state index is 0.319. The van der Waals surface area contributed by atoms with Crippen molar-refractivity contribution in [3.8, 4) is 0 Å². The number of nitrogens with one attached hydrogen (secondary N) is 1. The predicted octanol–water partition coefficient (Wildman–Crippen LogP) is 3.21. The summed E-state index contributed by atoms with van der Waals surface area (Å²) in [5.74, 6) is 0.634. The average Bonchev–Trinajstić information content (AvgIpc) is 2.80. The lowest BCUT2D eigenvalue weighted by atomic mass is 9.93. The van der Waals surface area contributed by atoms with Crippen molar-refractivity contribution in [3.63, 3.8) is 0 Å². The minimum Gasteiger partial charge on any atom is -0.372 e. The molecule has 1 fully saturated rings. The van der Waals surface area contributed by atoms with Crippen molar-refractivity contribution in [2.24, 2.45) is 5.92 Å². The summed E-state index contributed by atoms with van der Waals surface area (Å²) in [7, 11) is 0. The van der Waals surface area contributed by atoms with Gasteiger partial charge in [0.2, 0.25) is 0 Å². The van der Waals surface area contributed by atoms with E-state index < -0.39 is 0 Å². The van der Waals surface area contributed by atoms with Crippen LogP contribution in [0.15, 0.2) is 17.5 Å². The molecule has 0 aromatic carbocycles. The van der Waals surface area contributed by atoms with E-state index in [0.717, 1.165) is 13.2 Å². The summed E-state index contributed by atoms with van der Waals surface area (Å²) in [6, 6.07) is 4.87. The fraction of sp³-hybridized carbons (Fsp3) is 0.692. The lowest BCUT2D eigenvalue weighted by molar-refractivity contribution is -0.0260. The highest BCUT2D eigenvalue weighted by Gasteiger charge is 2.27. The van der Waals surface area contributed by atoms with E-state index in [2.05, 4.69) is 36.7 Å². The Morgan fingerprint density at radius 1 is 1.56 bits per heavy atom. The molecule has 1 aromatic heterocycles. The Kier molecular flexibility index (Phi) is 4.38. The van der Waals surface area contributed by atoms with Gasteiger partial charge in [0.25, 0.3) is 0 Å². The fourth-order valence-electron chi connectivity index (χ4n) is 2.21. The maximum atomic E-state index is 5.94. The van der Waals surface area contributed by atoms with Crippen LogP contribution in [0.4, 0.5) is 0 Å². The van der Waals surface area contributed by atoms with Crippen molar-refractivity contribution in [3.05, 3.63) is 22.4 Å². The van der Waals surface area contributed by atoms with E-state index in [-0.39, 0.29) is 0 Å². The van der Waals surface area contributed by atoms with Gasteiger partial charge in [-0.1, -0.05) is 19.9 Å². The van der Waals surface area contributed by atoms with E-state index >= 15 is 0 Å². The van der Waals surface area contributed by atoms with Gasteiger partial charge in [-0.3, -0.25) is 0 Å². The molecule has 2 rings (SSSR count). The molecule has 90 valence electrons. The maximum Gasteiger partial charge on any atom is 0.0956 e. The summed E-state index contributed by atoms with van der Waals surface area (Å²) in [6.07, 6.45) is 2.80. The van der Waals surface area contributed by atoms with Crippen molar-refractivity contribution >= 4 is 11.3 Å². The third-order valence-electron chi connectivity index (χ3n) is 3.06. The van der Waals surface area contributed by atoms with Gasteiger partial charge < -0.3 is 10.1 Å². The molecule has 2 heterocycles. The second-order valence-corrected chi connectivity index (χ2v) is 5.75. The predicted molar refractivity (Wildman–Crippen MR) is 68.9 cm³/mol. The Hall–Kier alpha value is -0.380. The Balaban J connectivity index is 1.97. The Labute approximate surface area is 102 Å². The van der Waals surface area contributed by atoms with Crippen LogP contribution in [0.5, 0.6) is 0 Å². The Morgan fingerprint density at radius 3 is 3.12 bits per heavy atom. The van der Waals surface area contributed by atoms with E-state index in [1.54, 1.807) is 0 Å². The van der Waals surface area contributed by atoms with Gasteiger partial charge >= 0.3 is 0 Å². The smallest absolute Gasteiger partial charge is 0.0956 e. The van der Waals surface area contributed by atoms with Crippen LogP contribution in [0.1, 0.15) is 37.7 Å². The molecule has 1 N–H and O–H groups in total. The van der Waals surface area contributed by atoms with Crippen molar-refractivity contribution < 1.29 is 4.74 Å². The summed E-state index contributed by atoms with van der Waals surface area (Å²) < 4.78 is 5.94. The number of ether oxygens (including phenoxy) is 1. The monoisotopic (exact) mass is 239 g/mol. The Morgan fingerprint density at radius 2 is 2.44 bits per heavy atom. The molecule has 0 aliphatic carbocycles. The fourth-order valence-corrected chi connectivity index (χ4v) is 3.07. The van der Waals surface area contributed by atoms with Gasteiger partial charge in [-0.2, -0.15) is 0 Å². The first-order valence-corrected chi connectivity index (χ1v) is 7.03. The van der Waals surface area contributed by atoms with Crippen LogP contribution in [0.3, 0.4) is 0 Å². The summed E-state index contributed by atoms with van der Waals surface area (Å²) in [4.78, 5) is 1.38. The minimum absolute atomic E-state index is 0.319. The molecule has 1 aromatic rings. The van der Waals surface area contributed by atoms with Gasteiger partial charge in [-0.15, -0.1) is 11.3 Å². The van der Waals surface area contributed by atoms with Crippen LogP contribution in [-0.2, 0) is 4.74 Å². The van der Waals surface area contributed by atoms with Gasteiger partial charge in [0.05, 0.1) is 6.10 Å². The third kappa shape index (κ3) is 3.06. The summed E-state index contributed by atoms with van der Waals surface area (Å²) >= 11 is 1.81.